The molecule has 0 aromatic carbocycles. The molecule has 0 atom stereocenters. The SMILES string of the molecule is Cn1cccc1CNCC1(NC(=O)OC(C)(C)C)CCC1. The van der Waals surface area contributed by atoms with E-state index in [-0.39, 0.29) is 11.6 Å². The van der Waals surface area contributed by atoms with E-state index in [4.69, 9.17) is 4.74 Å². The average Bonchev–Trinajstić information content (AvgIpc) is 2.69. The smallest absolute Gasteiger partial charge is 0.408 e. The predicted molar refractivity (Wildman–Crippen MR) is 83.1 cm³/mol. The molecular formula is C16H27N3O2. The van der Waals surface area contributed by atoms with Gasteiger partial charge < -0.3 is 19.9 Å². The summed E-state index contributed by atoms with van der Waals surface area (Å²) in [7, 11) is 2.04. The molecule has 2 N–H and O–H groups in total. The van der Waals surface area contributed by atoms with Crippen LogP contribution in [0.1, 0.15) is 45.7 Å². The summed E-state index contributed by atoms with van der Waals surface area (Å²) in [5.74, 6) is 0. The standard InChI is InChI=1S/C16H27N3O2/c1-15(2,3)21-14(20)18-16(8-6-9-16)12-17-11-13-7-5-10-19(13)4/h5,7,10,17H,6,8-9,11-12H2,1-4H3,(H,18,20). The number of hydrogen-bond donors (Lipinski definition) is 2. The van der Waals surface area contributed by atoms with Crippen molar-refractivity contribution >= 4 is 6.09 Å². The van der Waals surface area contributed by atoms with Crippen LogP contribution in [0.2, 0.25) is 0 Å². The van der Waals surface area contributed by atoms with E-state index >= 15 is 0 Å². The molecule has 5 nitrogen and oxygen atoms in total. The Balaban J connectivity index is 1.81. The lowest BCUT2D eigenvalue weighted by atomic mass is 9.76. The fourth-order valence-corrected chi connectivity index (χ4v) is 2.58. The highest BCUT2D eigenvalue weighted by atomic mass is 16.6. The number of carbonyl (C=O) groups is 1. The molecule has 1 heterocycles. The molecule has 2 rings (SSSR count). The van der Waals surface area contributed by atoms with Crippen molar-refractivity contribution in [3.8, 4) is 0 Å². The van der Waals surface area contributed by atoms with Gasteiger partial charge in [0, 0.05) is 32.0 Å². The molecule has 0 spiro atoms. The van der Waals surface area contributed by atoms with Crippen molar-refractivity contribution in [1.29, 1.82) is 0 Å². The summed E-state index contributed by atoms with van der Waals surface area (Å²) in [6.45, 7) is 7.23. The molecule has 1 fully saturated rings. The Hall–Kier alpha value is -1.49. The van der Waals surface area contributed by atoms with E-state index < -0.39 is 5.60 Å². The van der Waals surface area contributed by atoms with Gasteiger partial charge in [0.05, 0.1) is 5.54 Å². The van der Waals surface area contributed by atoms with Crippen molar-refractivity contribution in [2.75, 3.05) is 6.54 Å². The highest BCUT2D eigenvalue weighted by molar-refractivity contribution is 5.69. The molecule has 5 heteroatoms. The molecule has 1 aromatic heterocycles. The van der Waals surface area contributed by atoms with Crippen LogP contribution in [0.5, 0.6) is 0 Å². The van der Waals surface area contributed by atoms with Crippen molar-refractivity contribution in [2.45, 2.75) is 57.7 Å². The second-order valence-electron chi connectivity index (χ2n) is 6.97. The lowest BCUT2D eigenvalue weighted by Gasteiger charge is -2.42. The normalized spacial score (nSPS) is 17.1. The van der Waals surface area contributed by atoms with Crippen molar-refractivity contribution in [2.24, 2.45) is 7.05 Å². The van der Waals surface area contributed by atoms with Gasteiger partial charge in [0.25, 0.3) is 0 Å². The Morgan fingerprint density at radius 2 is 2.14 bits per heavy atom. The van der Waals surface area contributed by atoms with Gasteiger partial charge in [-0.15, -0.1) is 0 Å². The number of nitrogens with one attached hydrogen (secondary N) is 2. The van der Waals surface area contributed by atoms with Crippen LogP contribution in [-0.2, 0) is 18.3 Å². The Morgan fingerprint density at radius 1 is 1.43 bits per heavy atom. The molecule has 1 saturated carbocycles. The number of aromatic nitrogens is 1. The maximum absolute atomic E-state index is 11.9. The molecule has 1 aromatic rings. The largest absolute Gasteiger partial charge is 0.444 e. The minimum Gasteiger partial charge on any atom is -0.444 e. The molecule has 118 valence electrons. The summed E-state index contributed by atoms with van der Waals surface area (Å²) in [5, 5.41) is 6.50. The van der Waals surface area contributed by atoms with Gasteiger partial charge >= 0.3 is 6.09 Å². The molecule has 1 aliphatic rings. The number of aryl methyl sites for hydroxylation is 1. The van der Waals surface area contributed by atoms with Crippen LogP contribution in [0.3, 0.4) is 0 Å². The minimum atomic E-state index is -0.453. The number of hydrogen-bond acceptors (Lipinski definition) is 3. The fourth-order valence-electron chi connectivity index (χ4n) is 2.58. The summed E-state index contributed by atoms with van der Waals surface area (Å²) >= 11 is 0. The van der Waals surface area contributed by atoms with Crippen LogP contribution in [-0.4, -0.2) is 28.3 Å². The van der Waals surface area contributed by atoms with Gasteiger partial charge in [0.1, 0.15) is 5.60 Å². The second-order valence-corrected chi connectivity index (χ2v) is 6.97. The van der Waals surface area contributed by atoms with Crippen molar-refractivity contribution < 1.29 is 9.53 Å². The maximum atomic E-state index is 11.9. The fraction of sp³-hybridized carbons (Fsp3) is 0.688. The van der Waals surface area contributed by atoms with Crippen LogP contribution in [0, 0.1) is 0 Å². The molecule has 0 aliphatic heterocycles. The topological polar surface area (TPSA) is 55.3 Å². The van der Waals surface area contributed by atoms with Crippen LogP contribution >= 0.6 is 0 Å². The minimum absolute atomic E-state index is 0.145. The Bertz CT molecular complexity index is 484. The maximum Gasteiger partial charge on any atom is 0.408 e. The van der Waals surface area contributed by atoms with E-state index in [0.717, 1.165) is 32.4 Å². The Morgan fingerprint density at radius 3 is 2.62 bits per heavy atom. The van der Waals surface area contributed by atoms with Crippen molar-refractivity contribution in [3.63, 3.8) is 0 Å². The van der Waals surface area contributed by atoms with E-state index in [0.29, 0.717) is 0 Å². The number of alkyl carbamates (subject to hydrolysis) is 1. The third kappa shape index (κ3) is 4.49. The average molecular weight is 293 g/mol. The first kappa shape index (κ1) is 15.9. The van der Waals surface area contributed by atoms with Crippen LogP contribution < -0.4 is 10.6 Å². The first-order chi connectivity index (χ1) is 9.80. The quantitative estimate of drug-likeness (QED) is 0.877. The zero-order chi connectivity index (χ0) is 15.5. The lowest BCUT2D eigenvalue weighted by Crippen LogP contribution is -2.59. The first-order valence-electron chi connectivity index (χ1n) is 7.62. The number of ether oxygens (including phenoxy) is 1. The lowest BCUT2D eigenvalue weighted by molar-refractivity contribution is 0.0382. The summed E-state index contributed by atoms with van der Waals surface area (Å²) in [4.78, 5) is 11.9. The Kier molecular flexibility index (Phi) is 4.61. The number of nitrogens with zero attached hydrogens (tertiary/aromatic N) is 1. The van der Waals surface area contributed by atoms with Crippen molar-refractivity contribution in [1.82, 2.24) is 15.2 Å². The second kappa shape index (κ2) is 6.10. The third-order valence-electron chi connectivity index (χ3n) is 3.90. The molecule has 1 aliphatic carbocycles. The van der Waals surface area contributed by atoms with E-state index in [1.807, 2.05) is 40.1 Å². The number of rotatable bonds is 5. The van der Waals surface area contributed by atoms with Crippen LogP contribution in [0.4, 0.5) is 4.79 Å². The number of amides is 1. The number of carbonyl (C=O) groups excluding carboxylic acids is 1. The molecule has 1 amide bonds. The zero-order valence-corrected chi connectivity index (χ0v) is 13.5. The highest BCUT2D eigenvalue weighted by Gasteiger charge is 2.39. The van der Waals surface area contributed by atoms with Gasteiger partial charge in [-0.25, -0.2) is 4.79 Å². The van der Waals surface area contributed by atoms with Gasteiger partial charge in [-0.05, 0) is 52.2 Å². The Labute approximate surface area is 127 Å². The van der Waals surface area contributed by atoms with E-state index in [1.165, 1.54) is 5.69 Å². The van der Waals surface area contributed by atoms with Gasteiger partial charge in [0.15, 0.2) is 0 Å². The molecule has 0 bridgehead atoms. The predicted octanol–water partition coefficient (Wildman–Crippen LogP) is 2.56. The van der Waals surface area contributed by atoms with E-state index in [1.54, 1.807) is 0 Å². The monoisotopic (exact) mass is 293 g/mol. The van der Waals surface area contributed by atoms with Gasteiger partial charge in [-0.3, -0.25) is 0 Å². The summed E-state index contributed by atoms with van der Waals surface area (Å²) < 4.78 is 7.46. The molecular weight excluding hydrogens is 266 g/mol. The van der Waals surface area contributed by atoms with Gasteiger partial charge in [-0.2, -0.15) is 0 Å². The zero-order valence-electron chi connectivity index (χ0n) is 13.5. The highest BCUT2D eigenvalue weighted by Crippen LogP contribution is 2.31. The summed E-state index contributed by atoms with van der Waals surface area (Å²) in [5.41, 5.74) is 0.639. The van der Waals surface area contributed by atoms with Crippen LogP contribution in [0.25, 0.3) is 0 Å². The van der Waals surface area contributed by atoms with E-state index in [2.05, 4.69) is 21.3 Å². The molecule has 21 heavy (non-hydrogen) atoms. The third-order valence-corrected chi connectivity index (χ3v) is 3.90. The summed E-state index contributed by atoms with van der Waals surface area (Å²) in [6, 6.07) is 4.14. The van der Waals surface area contributed by atoms with Crippen molar-refractivity contribution in [3.05, 3.63) is 24.0 Å². The van der Waals surface area contributed by atoms with Crippen LogP contribution in [0.15, 0.2) is 18.3 Å². The van der Waals surface area contributed by atoms with Gasteiger partial charge in [-0.1, -0.05) is 0 Å². The molecule has 0 saturated heterocycles. The van der Waals surface area contributed by atoms with Gasteiger partial charge in [0.2, 0.25) is 0 Å². The van der Waals surface area contributed by atoms with E-state index in [9.17, 15) is 4.79 Å². The molecule has 0 unspecified atom stereocenters. The first-order valence-corrected chi connectivity index (χ1v) is 7.62. The molecule has 0 radical (unpaired) electrons. The summed E-state index contributed by atoms with van der Waals surface area (Å²) in [6.07, 6.45) is 4.89.